The average Bonchev–Trinajstić information content (AvgIpc) is 2.30. The molecule has 0 aromatic heterocycles. The molecule has 0 saturated heterocycles. The molecule has 2 rings (SSSR count). The zero-order chi connectivity index (χ0) is 11.4. The second-order valence-corrected chi connectivity index (χ2v) is 3.52. The molecule has 1 aliphatic rings. The van der Waals surface area contributed by atoms with Crippen molar-refractivity contribution in [2.75, 3.05) is 13.2 Å². The number of hydrogen-bond donors (Lipinski definition) is 0. The molecule has 0 radical (unpaired) electrons. The molecule has 1 aliphatic heterocycles. The van der Waals surface area contributed by atoms with Gasteiger partial charge in [0.2, 0.25) is 0 Å². The van der Waals surface area contributed by atoms with E-state index in [1.807, 2.05) is 24.3 Å². The number of carbonyl (C=O) groups excluding carboxylic acids is 1. The van der Waals surface area contributed by atoms with Crippen molar-refractivity contribution in [2.24, 2.45) is 0 Å². The molecule has 0 amide bonds. The van der Waals surface area contributed by atoms with Gasteiger partial charge in [-0.2, -0.15) is 0 Å². The number of fused-ring (bicyclic) bond motifs is 1. The van der Waals surface area contributed by atoms with Gasteiger partial charge in [0.15, 0.2) is 0 Å². The number of hydrogen-bond acceptors (Lipinski definition) is 3. The topological polar surface area (TPSA) is 35.5 Å². The Morgan fingerprint density at radius 1 is 1.50 bits per heavy atom. The lowest BCUT2D eigenvalue weighted by Crippen LogP contribution is -2.09. The van der Waals surface area contributed by atoms with Crippen LogP contribution in [0.2, 0.25) is 0 Å². The van der Waals surface area contributed by atoms with Crippen molar-refractivity contribution in [3.8, 4) is 5.75 Å². The first-order valence-electron chi connectivity index (χ1n) is 5.41. The lowest BCUT2D eigenvalue weighted by Gasteiger charge is -2.19. The zero-order valence-corrected chi connectivity index (χ0v) is 9.23. The molecule has 0 N–H and O–H groups in total. The van der Waals surface area contributed by atoms with E-state index in [1.165, 1.54) is 0 Å². The minimum atomic E-state index is -0.283. The third-order valence-corrected chi connectivity index (χ3v) is 2.44. The van der Waals surface area contributed by atoms with Gasteiger partial charge >= 0.3 is 5.97 Å². The highest BCUT2D eigenvalue weighted by Gasteiger charge is 2.15. The molecule has 1 aromatic carbocycles. The third-order valence-electron chi connectivity index (χ3n) is 2.44. The fourth-order valence-corrected chi connectivity index (χ4v) is 1.74. The molecule has 0 saturated carbocycles. The van der Waals surface area contributed by atoms with Gasteiger partial charge in [-0.1, -0.05) is 18.2 Å². The molecule has 84 valence electrons. The van der Waals surface area contributed by atoms with Gasteiger partial charge in [-0.05, 0) is 18.6 Å². The highest BCUT2D eigenvalue weighted by molar-refractivity contribution is 5.92. The lowest BCUT2D eigenvalue weighted by molar-refractivity contribution is -0.137. The van der Waals surface area contributed by atoms with E-state index in [0.717, 1.165) is 23.3 Å². The molecule has 0 unspecified atom stereocenters. The normalized spacial score (nSPS) is 16.4. The Bertz CT molecular complexity index is 421. The van der Waals surface area contributed by atoms with Crippen LogP contribution in [0.15, 0.2) is 30.3 Å². The summed E-state index contributed by atoms with van der Waals surface area (Å²) in [5.74, 6) is 0.554. The van der Waals surface area contributed by atoms with E-state index in [-0.39, 0.29) is 5.97 Å². The van der Waals surface area contributed by atoms with Crippen molar-refractivity contribution in [1.82, 2.24) is 0 Å². The van der Waals surface area contributed by atoms with Crippen molar-refractivity contribution in [3.63, 3.8) is 0 Å². The number of para-hydroxylation sites is 1. The molecular weight excluding hydrogens is 204 g/mol. The molecule has 16 heavy (non-hydrogen) atoms. The van der Waals surface area contributed by atoms with Crippen LogP contribution in [0, 0.1) is 0 Å². The second-order valence-electron chi connectivity index (χ2n) is 3.52. The summed E-state index contributed by atoms with van der Waals surface area (Å²) in [6.07, 6.45) is 2.31. The van der Waals surface area contributed by atoms with E-state index in [4.69, 9.17) is 9.47 Å². The third kappa shape index (κ3) is 2.24. The number of ether oxygens (including phenoxy) is 2. The fourth-order valence-electron chi connectivity index (χ4n) is 1.74. The van der Waals surface area contributed by atoms with Crippen LogP contribution >= 0.6 is 0 Å². The van der Waals surface area contributed by atoms with Crippen molar-refractivity contribution >= 4 is 11.5 Å². The van der Waals surface area contributed by atoms with Gasteiger partial charge < -0.3 is 9.47 Å². The molecule has 0 atom stereocenters. The maximum atomic E-state index is 11.4. The van der Waals surface area contributed by atoms with Crippen molar-refractivity contribution in [2.45, 2.75) is 13.3 Å². The van der Waals surface area contributed by atoms with E-state index in [1.54, 1.807) is 13.0 Å². The molecule has 0 fully saturated rings. The van der Waals surface area contributed by atoms with Gasteiger partial charge in [0, 0.05) is 18.1 Å². The molecule has 0 bridgehead atoms. The molecule has 0 spiro atoms. The van der Waals surface area contributed by atoms with E-state index >= 15 is 0 Å². The summed E-state index contributed by atoms with van der Waals surface area (Å²) < 4.78 is 10.4. The maximum absolute atomic E-state index is 11.4. The standard InChI is InChI=1S/C13H14O3/c1-2-15-13(14)9-10-7-8-16-12-6-4-3-5-11(10)12/h3-6,9H,2,7-8H2,1H3/b10-9-. The Hall–Kier alpha value is -1.77. The van der Waals surface area contributed by atoms with Gasteiger partial charge in [0.05, 0.1) is 13.2 Å². The van der Waals surface area contributed by atoms with Gasteiger partial charge in [-0.3, -0.25) is 0 Å². The monoisotopic (exact) mass is 218 g/mol. The molecule has 0 aliphatic carbocycles. The first kappa shape index (κ1) is 10.7. The van der Waals surface area contributed by atoms with E-state index in [9.17, 15) is 4.79 Å². The van der Waals surface area contributed by atoms with Gasteiger partial charge in [0.1, 0.15) is 5.75 Å². The van der Waals surface area contributed by atoms with E-state index in [2.05, 4.69) is 0 Å². The predicted octanol–water partition coefficient (Wildman–Crippen LogP) is 2.42. The van der Waals surface area contributed by atoms with Gasteiger partial charge in [-0.15, -0.1) is 0 Å². The summed E-state index contributed by atoms with van der Waals surface area (Å²) in [5.41, 5.74) is 1.97. The zero-order valence-electron chi connectivity index (χ0n) is 9.23. The lowest BCUT2D eigenvalue weighted by atomic mass is 9.99. The minimum absolute atomic E-state index is 0.283. The smallest absolute Gasteiger partial charge is 0.331 e. The number of carbonyl (C=O) groups is 1. The summed E-state index contributed by atoms with van der Waals surface area (Å²) in [6.45, 7) is 2.82. The Morgan fingerprint density at radius 3 is 3.12 bits per heavy atom. The summed E-state index contributed by atoms with van der Waals surface area (Å²) in [7, 11) is 0. The van der Waals surface area contributed by atoms with Crippen LogP contribution in [-0.4, -0.2) is 19.2 Å². The van der Waals surface area contributed by atoms with Crippen LogP contribution in [0.5, 0.6) is 5.75 Å². The van der Waals surface area contributed by atoms with E-state index < -0.39 is 0 Å². The molecule has 3 heteroatoms. The number of rotatable bonds is 2. The molecule has 1 aromatic rings. The number of esters is 1. The summed E-state index contributed by atoms with van der Waals surface area (Å²) in [4.78, 5) is 11.4. The molecular formula is C13H14O3. The summed E-state index contributed by atoms with van der Waals surface area (Å²) in [5, 5.41) is 0. The van der Waals surface area contributed by atoms with Gasteiger partial charge in [0.25, 0.3) is 0 Å². The summed E-state index contributed by atoms with van der Waals surface area (Å²) >= 11 is 0. The minimum Gasteiger partial charge on any atom is -0.493 e. The van der Waals surface area contributed by atoms with Crippen LogP contribution < -0.4 is 4.74 Å². The Labute approximate surface area is 94.7 Å². The average molecular weight is 218 g/mol. The highest BCUT2D eigenvalue weighted by atomic mass is 16.5. The molecule has 1 heterocycles. The first-order valence-corrected chi connectivity index (χ1v) is 5.41. The Kier molecular flexibility index (Phi) is 3.25. The van der Waals surface area contributed by atoms with Crippen molar-refractivity contribution < 1.29 is 14.3 Å². The maximum Gasteiger partial charge on any atom is 0.331 e. The number of benzene rings is 1. The summed E-state index contributed by atoms with van der Waals surface area (Å²) in [6, 6.07) is 7.73. The quantitative estimate of drug-likeness (QED) is 0.565. The Balaban J connectivity index is 2.28. The largest absolute Gasteiger partial charge is 0.493 e. The van der Waals surface area contributed by atoms with E-state index in [0.29, 0.717) is 13.2 Å². The fraction of sp³-hybridized carbons (Fsp3) is 0.308. The first-order chi connectivity index (χ1) is 7.81. The molecule has 3 nitrogen and oxygen atoms in total. The predicted molar refractivity (Wildman–Crippen MR) is 61.2 cm³/mol. The van der Waals surface area contributed by atoms with Crippen molar-refractivity contribution in [3.05, 3.63) is 35.9 Å². The van der Waals surface area contributed by atoms with Crippen LogP contribution in [-0.2, 0) is 9.53 Å². The Morgan fingerprint density at radius 2 is 2.31 bits per heavy atom. The SMILES string of the molecule is CCOC(=O)/C=C1/CCOc2ccccc21. The highest BCUT2D eigenvalue weighted by Crippen LogP contribution is 2.32. The second kappa shape index (κ2) is 4.84. The van der Waals surface area contributed by atoms with Crippen LogP contribution in [0.3, 0.4) is 0 Å². The van der Waals surface area contributed by atoms with Gasteiger partial charge in [-0.25, -0.2) is 4.79 Å². The van der Waals surface area contributed by atoms with Crippen LogP contribution in [0.4, 0.5) is 0 Å². The van der Waals surface area contributed by atoms with Crippen LogP contribution in [0.1, 0.15) is 18.9 Å². The van der Waals surface area contributed by atoms with Crippen LogP contribution in [0.25, 0.3) is 5.57 Å². The van der Waals surface area contributed by atoms with Crippen molar-refractivity contribution in [1.29, 1.82) is 0 Å².